The zero-order chi connectivity index (χ0) is 23.5. The number of carbonyl (C=O) groups is 3. The lowest BCUT2D eigenvalue weighted by Gasteiger charge is -2.23. The highest BCUT2D eigenvalue weighted by atomic mass is 16.5. The maximum absolute atomic E-state index is 12.8. The molecule has 1 fully saturated rings. The molecule has 3 N–H and O–H groups in total. The second-order valence-electron chi connectivity index (χ2n) is 9.13. The summed E-state index contributed by atoms with van der Waals surface area (Å²) in [4.78, 5) is 36.7. The van der Waals surface area contributed by atoms with E-state index >= 15 is 0 Å². The summed E-state index contributed by atoms with van der Waals surface area (Å²) in [5, 5.41) is 14.6. The van der Waals surface area contributed by atoms with E-state index in [-0.39, 0.29) is 18.4 Å². The molecule has 4 rings (SSSR count). The summed E-state index contributed by atoms with van der Waals surface area (Å²) in [6.45, 7) is 3.37. The number of benzene rings is 2. The number of rotatable bonds is 9. The summed E-state index contributed by atoms with van der Waals surface area (Å²) in [6, 6.07) is 14.9. The molecule has 2 unspecified atom stereocenters. The number of carbonyl (C=O) groups excluding carboxylic acids is 2. The van der Waals surface area contributed by atoms with E-state index in [1.165, 1.54) is 0 Å². The number of aliphatic carboxylic acids is 1. The second kappa shape index (κ2) is 9.65. The number of nitrogens with one attached hydrogen (secondary N) is 2. The minimum Gasteiger partial charge on any atom is -0.481 e. The molecule has 0 spiro atoms. The summed E-state index contributed by atoms with van der Waals surface area (Å²) < 4.78 is 5.59. The van der Waals surface area contributed by atoms with E-state index in [4.69, 9.17) is 4.74 Å². The van der Waals surface area contributed by atoms with Gasteiger partial charge in [-0.3, -0.25) is 9.59 Å². The second-order valence-corrected chi connectivity index (χ2v) is 9.13. The summed E-state index contributed by atoms with van der Waals surface area (Å²) in [6.07, 6.45) is 1.93. The Labute approximate surface area is 193 Å². The fourth-order valence-corrected chi connectivity index (χ4v) is 4.36. The molecular weight excluding hydrogens is 420 g/mol. The van der Waals surface area contributed by atoms with Crippen LogP contribution >= 0.6 is 0 Å². The summed E-state index contributed by atoms with van der Waals surface area (Å²) in [5.74, 6) is -1.76. The normalized spacial score (nSPS) is 17.3. The van der Waals surface area contributed by atoms with Crippen molar-refractivity contribution in [3.05, 3.63) is 59.7 Å². The van der Waals surface area contributed by atoms with Gasteiger partial charge in [-0.2, -0.15) is 0 Å². The molecule has 0 bridgehead atoms. The smallest absolute Gasteiger partial charge is 0.407 e. The van der Waals surface area contributed by atoms with Crippen LogP contribution in [0.15, 0.2) is 48.5 Å². The molecule has 0 heterocycles. The zero-order valence-corrected chi connectivity index (χ0v) is 18.9. The van der Waals surface area contributed by atoms with Crippen LogP contribution in [-0.4, -0.2) is 41.8 Å². The van der Waals surface area contributed by atoms with E-state index in [1.54, 1.807) is 13.8 Å². The van der Waals surface area contributed by atoms with Crippen molar-refractivity contribution in [1.29, 1.82) is 0 Å². The van der Waals surface area contributed by atoms with E-state index in [0.29, 0.717) is 12.3 Å². The first-order valence-electron chi connectivity index (χ1n) is 11.5. The number of fused-ring (bicyclic) bond motifs is 3. The third-order valence-electron chi connectivity index (χ3n) is 6.73. The molecule has 0 saturated heterocycles. The predicted molar refractivity (Wildman–Crippen MR) is 124 cm³/mol. The van der Waals surface area contributed by atoms with Crippen LogP contribution in [0.3, 0.4) is 0 Å². The Morgan fingerprint density at radius 3 is 2.09 bits per heavy atom. The van der Waals surface area contributed by atoms with Crippen molar-refractivity contribution < 1.29 is 24.2 Å². The molecular formula is C26H30N2O5. The number of amides is 2. The van der Waals surface area contributed by atoms with Crippen molar-refractivity contribution in [1.82, 2.24) is 10.6 Å². The largest absolute Gasteiger partial charge is 0.481 e. The van der Waals surface area contributed by atoms with Gasteiger partial charge in [0.25, 0.3) is 0 Å². The molecule has 2 amide bonds. The number of carboxylic acid groups (broad SMARTS) is 1. The Hall–Kier alpha value is -3.35. The first-order valence-corrected chi connectivity index (χ1v) is 11.5. The molecule has 2 aliphatic carbocycles. The number of alkyl carbamates (subject to hydrolysis) is 1. The van der Waals surface area contributed by atoms with Gasteiger partial charge in [0.1, 0.15) is 12.6 Å². The first kappa shape index (κ1) is 22.8. The number of ether oxygens (including phenoxy) is 1. The van der Waals surface area contributed by atoms with Crippen LogP contribution in [-0.2, 0) is 14.3 Å². The Bertz CT molecular complexity index is 1000. The van der Waals surface area contributed by atoms with E-state index in [0.717, 1.165) is 35.1 Å². The van der Waals surface area contributed by atoms with Crippen LogP contribution in [0.5, 0.6) is 0 Å². The number of carboxylic acids is 1. The molecule has 1 saturated carbocycles. The van der Waals surface area contributed by atoms with E-state index in [9.17, 15) is 19.5 Å². The van der Waals surface area contributed by atoms with Crippen LogP contribution in [0.1, 0.15) is 50.2 Å². The van der Waals surface area contributed by atoms with Crippen LogP contribution in [0.4, 0.5) is 4.79 Å². The Kier molecular flexibility index (Phi) is 6.67. The van der Waals surface area contributed by atoms with Crippen molar-refractivity contribution in [3.63, 3.8) is 0 Å². The summed E-state index contributed by atoms with van der Waals surface area (Å²) in [5.41, 5.74) is 4.54. The van der Waals surface area contributed by atoms with Crippen LogP contribution in [0.2, 0.25) is 0 Å². The van der Waals surface area contributed by atoms with Crippen molar-refractivity contribution in [3.8, 4) is 11.1 Å². The monoisotopic (exact) mass is 450 g/mol. The zero-order valence-electron chi connectivity index (χ0n) is 18.9. The molecule has 7 nitrogen and oxygen atoms in total. The molecule has 0 radical (unpaired) electrons. The van der Waals surface area contributed by atoms with E-state index < -0.39 is 30.1 Å². The standard InChI is InChI=1S/C26H30N2O5/c1-15(25(30)31)16(2)27-24(29)23(13-17-11-12-17)28-26(32)33-14-22-20-9-5-3-7-18(20)19-8-4-6-10-21(19)22/h3-10,15-17,22-23H,11-14H2,1-2H3,(H,27,29)(H,28,32)(H,30,31)/t15?,16?,23-/m0/s1. The average molecular weight is 451 g/mol. The van der Waals surface area contributed by atoms with Gasteiger partial charge < -0.3 is 20.5 Å². The third-order valence-corrected chi connectivity index (χ3v) is 6.73. The highest BCUT2D eigenvalue weighted by Crippen LogP contribution is 2.44. The SMILES string of the molecule is CC(NC(=O)[C@H](CC1CC1)NC(=O)OCC1c2ccccc2-c2ccccc21)C(C)C(=O)O. The molecule has 33 heavy (non-hydrogen) atoms. The Morgan fingerprint density at radius 1 is 0.970 bits per heavy atom. The maximum Gasteiger partial charge on any atom is 0.407 e. The van der Waals surface area contributed by atoms with Crippen molar-refractivity contribution >= 4 is 18.0 Å². The molecule has 2 aliphatic rings. The van der Waals surface area contributed by atoms with Gasteiger partial charge in [-0.25, -0.2) is 4.79 Å². The Morgan fingerprint density at radius 2 is 1.55 bits per heavy atom. The third kappa shape index (κ3) is 5.18. The lowest BCUT2D eigenvalue weighted by Crippen LogP contribution is -2.51. The molecule has 174 valence electrons. The van der Waals surface area contributed by atoms with E-state index in [1.807, 2.05) is 24.3 Å². The molecule has 7 heteroatoms. The van der Waals surface area contributed by atoms with Crippen molar-refractivity contribution in [2.24, 2.45) is 11.8 Å². The van der Waals surface area contributed by atoms with Gasteiger partial charge >= 0.3 is 12.1 Å². The molecule has 0 aromatic heterocycles. The van der Waals surface area contributed by atoms with E-state index in [2.05, 4.69) is 34.9 Å². The minimum absolute atomic E-state index is 0.0599. The number of hydrogen-bond donors (Lipinski definition) is 3. The molecule has 0 aliphatic heterocycles. The van der Waals surface area contributed by atoms with Gasteiger partial charge in [0.05, 0.1) is 5.92 Å². The molecule has 2 aromatic rings. The predicted octanol–water partition coefficient (Wildman–Crippen LogP) is 3.92. The quantitative estimate of drug-likeness (QED) is 0.537. The van der Waals surface area contributed by atoms with Crippen LogP contribution in [0, 0.1) is 11.8 Å². The lowest BCUT2D eigenvalue weighted by molar-refractivity contribution is -0.142. The van der Waals surface area contributed by atoms with Crippen LogP contribution < -0.4 is 10.6 Å². The summed E-state index contributed by atoms with van der Waals surface area (Å²) >= 11 is 0. The highest BCUT2D eigenvalue weighted by Gasteiger charge is 2.33. The minimum atomic E-state index is -0.981. The number of hydrogen-bond acceptors (Lipinski definition) is 4. The fourth-order valence-electron chi connectivity index (χ4n) is 4.36. The van der Waals surface area contributed by atoms with Gasteiger partial charge in [0.2, 0.25) is 5.91 Å². The molecule has 2 aromatic carbocycles. The topological polar surface area (TPSA) is 105 Å². The van der Waals surface area contributed by atoms with Crippen LogP contribution in [0.25, 0.3) is 11.1 Å². The maximum atomic E-state index is 12.8. The van der Waals surface area contributed by atoms with Gasteiger partial charge in [-0.1, -0.05) is 61.4 Å². The van der Waals surface area contributed by atoms with Crippen molar-refractivity contribution in [2.75, 3.05) is 6.61 Å². The fraction of sp³-hybridized carbons (Fsp3) is 0.423. The van der Waals surface area contributed by atoms with Gasteiger partial charge in [-0.05, 0) is 48.4 Å². The average Bonchev–Trinajstić information content (AvgIpc) is 3.57. The van der Waals surface area contributed by atoms with Crippen molar-refractivity contribution in [2.45, 2.75) is 51.1 Å². The van der Waals surface area contributed by atoms with Gasteiger partial charge in [-0.15, -0.1) is 0 Å². The Balaban J connectivity index is 1.39. The van der Waals surface area contributed by atoms with Gasteiger partial charge in [0.15, 0.2) is 0 Å². The molecule has 3 atom stereocenters. The highest BCUT2D eigenvalue weighted by molar-refractivity contribution is 5.86. The first-order chi connectivity index (χ1) is 15.8. The summed E-state index contributed by atoms with van der Waals surface area (Å²) in [7, 11) is 0. The van der Waals surface area contributed by atoms with Gasteiger partial charge in [0, 0.05) is 12.0 Å². The lowest BCUT2D eigenvalue weighted by atomic mass is 9.98.